The van der Waals surface area contributed by atoms with Gasteiger partial charge in [-0.15, -0.1) is 0 Å². The summed E-state index contributed by atoms with van der Waals surface area (Å²) in [4.78, 5) is 20.2. The first-order valence-electron chi connectivity index (χ1n) is 9.62. The predicted molar refractivity (Wildman–Crippen MR) is 109 cm³/mol. The van der Waals surface area contributed by atoms with Crippen molar-refractivity contribution in [1.29, 1.82) is 0 Å². The molecule has 1 heterocycles. The van der Waals surface area contributed by atoms with Gasteiger partial charge in [-0.05, 0) is 19.4 Å². The summed E-state index contributed by atoms with van der Waals surface area (Å²) < 4.78 is 5.52. The SMILES string of the molecule is CCNC(=NCC(=O)N(C)C)NCC(c1ccc(C)cc1)N1CCOCC1. The van der Waals surface area contributed by atoms with Crippen LogP contribution in [0.4, 0.5) is 0 Å². The number of ether oxygens (including phenoxy) is 1. The number of nitrogens with zero attached hydrogens (tertiary/aromatic N) is 3. The molecule has 2 N–H and O–H groups in total. The number of carbonyl (C=O) groups is 1. The lowest BCUT2D eigenvalue weighted by molar-refractivity contribution is -0.127. The zero-order chi connectivity index (χ0) is 19.6. The number of aryl methyl sites for hydroxylation is 1. The summed E-state index contributed by atoms with van der Waals surface area (Å²) in [6.45, 7) is 9.05. The average Bonchev–Trinajstić information content (AvgIpc) is 2.68. The lowest BCUT2D eigenvalue weighted by atomic mass is 10.0. The fourth-order valence-electron chi connectivity index (χ4n) is 2.96. The number of likely N-dealkylation sites (N-methyl/N-ethyl adjacent to an activating group) is 1. The van der Waals surface area contributed by atoms with Gasteiger partial charge in [0.25, 0.3) is 0 Å². The summed E-state index contributed by atoms with van der Waals surface area (Å²) in [6.07, 6.45) is 0. The van der Waals surface area contributed by atoms with Crippen LogP contribution in [0.15, 0.2) is 29.3 Å². The third-order valence-corrected chi connectivity index (χ3v) is 4.63. The second kappa shape index (κ2) is 10.9. The molecule has 27 heavy (non-hydrogen) atoms. The molecule has 1 amide bonds. The lowest BCUT2D eigenvalue weighted by Crippen LogP contribution is -2.46. The van der Waals surface area contributed by atoms with Crippen molar-refractivity contribution in [1.82, 2.24) is 20.4 Å². The van der Waals surface area contributed by atoms with Gasteiger partial charge in [0.2, 0.25) is 5.91 Å². The first kappa shape index (κ1) is 21.2. The molecule has 0 radical (unpaired) electrons. The molecule has 1 aromatic rings. The lowest BCUT2D eigenvalue weighted by Gasteiger charge is -2.35. The molecule has 0 saturated carbocycles. The van der Waals surface area contributed by atoms with Crippen LogP contribution < -0.4 is 10.6 Å². The third kappa shape index (κ3) is 6.84. The van der Waals surface area contributed by atoms with E-state index >= 15 is 0 Å². The molecule has 0 aliphatic carbocycles. The van der Waals surface area contributed by atoms with E-state index in [1.165, 1.54) is 11.1 Å². The Morgan fingerprint density at radius 1 is 1.22 bits per heavy atom. The molecule has 2 rings (SSSR count). The number of guanidine groups is 1. The Balaban J connectivity index is 2.08. The molecule has 1 unspecified atom stereocenters. The number of hydrogen-bond acceptors (Lipinski definition) is 4. The number of hydrogen-bond donors (Lipinski definition) is 2. The standard InChI is InChI=1S/C20H33N5O2/c1-5-21-20(23-15-19(26)24(3)4)22-14-18(25-10-12-27-13-11-25)17-8-6-16(2)7-9-17/h6-9,18H,5,10-15H2,1-4H3,(H2,21,22,23). The van der Waals surface area contributed by atoms with Crippen molar-refractivity contribution in [3.63, 3.8) is 0 Å². The number of morpholine rings is 1. The summed E-state index contributed by atoms with van der Waals surface area (Å²) in [5, 5.41) is 6.63. The molecular formula is C20H33N5O2. The van der Waals surface area contributed by atoms with Crippen molar-refractivity contribution >= 4 is 11.9 Å². The van der Waals surface area contributed by atoms with Gasteiger partial charge in [-0.2, -0.15) is 0 Å². The minimum atomic E-state index is -0.0181. The van der Waals surface area contributed by atoms with Crippen molar-refractivity contribution in [2.75, 3.05) is 60.0 Å². The Morgan fingerprint density at radius 2 is 1.89 bits per heavy atom. The van der Waals surface area contributed by atoms with Crippen molar-refractivity contribution in [3.8, 4) is 0 Å². The normalized spacial score (nSPS) is 16.7. The smallest absolute Gasteiger partial charge is 0.243 e. The molecule has 1 aliphatic heterocycles. The minimum Gasteiger partial charge on any atom is -0.379 e. The molecule has 0 spiro atoms. The van der Waals surface area contributed by atoms with Gasteiger partial charge in [0.15, 0.2) is 5.96 Å². The molecule has 1 aliphatic rings. The first-order chi connectivity index (χ1) is 13.0. The highest BCUT2D eigenvalue weighted by Gasteiger charge is 2.23. The molecule has 1 saturated heterocycles. The maximum Gasteiger partial charge on any atom is 0.243 e. The Kier molecular flexibility index (Phi) is 8.54. The molecule has 7 heteroatoms. The van der Waals surface area contributed by atoms with E-state index in [2.05, 4.69) is 51.7 Å². The van der Waals surface area contributed by atoms with Crippen molar-refractivity contribution in [2.24, 2.45) is 4.99 Å². The highest BCUT2D eigenvalue weighted by atomic mass is 16.5. The van der Waals surface area contributed by atoms with Gasteiger partial charge in [-0.3, -0.25) is 9.69 Å². The van der Waals surface area contributed by atoms with Gasteiger partial charge >= 0.3 is 0 Å². The number of benzene rings is 1. The highest BCUT2D eigenvalue weighted by Crippen LogP contribution is 2.21. The fraction of sp³-hybridized carbons (Fsp3) is 0.600. The molecular weight excluding hydrogens is 342 g/mol. The number of nitrogens with one attached hydrogen (secondary N) is 2. The number of rotatable bonds is 7. The van der Waals surface area contributed by atoms with E-state index in [9.17, 15) is 4.79 Å². The second-order valence-electron chi connectivity index (χ2n) is 6.94. The minimum absolute atomic E-state index is 0.0181. The topological polar surface area (TPSA) is 69.2 Å². The van der Waals surface area contributed by atoms with E-state index in [0.29, 0.717) is 12.5 Å². The van der Waals surface area contributed by atoms with Crippen LogP contribution in [0.3, 0.4) is 0 Å². The number of aliphatic imine (C=N–C) groups is 1. The van der Waals surface area contributed by atoms with Crippen LogP contribution >= 0.6 is 0 Å². The second-order valence-corrected chi connectivity index (χ2v) is 6.94. The Bertz CT molecular complexity index is 609. The Labute approximate surface area is 162 Å². The molecule has 7 nitrogen and oxygen atoms in total. The van der Waals surface area contributed by atoms with Gasteiger partial charge in [-0.1, -0.05) is 29.8 Å². The first-order valence-corrected chi connectivity index (χ1v) is 9.62. The fourth-order valence-corrected chi connectivity index (χ4v) is 2.96. The largest absolute Gasteiger partial charge is 0.379 e. The Morgan fingerprint density at radius 3 is 2.48 bits per heavy atom. The maximum atomic E-state index is 11.8. The van der Waals surface area contributed by atoms with Crippen LogP contribution in [-0.2, 0) is 9.53 Å². The molecule has 1 aromatic carbocycles. The highest BCUT2D eigenvalue weighted by molar-refractivity contribution is 5.84. The van der Waals surface area contributed by atoms with Crippen LogP contribution in [0.5, 0.6) is 0 Å². The predicted octanol–water partition coefficient (Wildman–Crippen LogP) is 1.01. The van der Waals surface area contributed by atoms with Crippen molar-refractivity contribution in [2.45, 2.75) is 19.9 Å². The quantitative estimate of drug-likeness (QED) is 0.550. The zero-order valence-corrected chi connectivity index (χ0v) is 17.0. The third-order valence-electron chi connectivity index (χ3n) is 4.63. The summed E-state index contributed by atoms with van der Waals surface area (Å²) in [6, 6.07) is 8.91. The van der Waals surface area contributed by atoms with Crippen LogP contribution in [0.2, 0.25) is 0 Å². The van der Waals surface area contributed by atoms with E-state index in [1.807, 2.05) is 6.92 Å². The molecule has 0 bridgehead atoms. The van der Waals surface area contributed by atoms with Gasteiger partial charge in [-0.25, -0.2) is 4.99 Å². The van der Waals surface area contributed by atoms with E-state index in [-0.39, 0.29) is 18.5 Å². The van der Waals surface area contributed by atoms with E-state index in [0.717, 1.165) is 32.8 Å². The van der Waals surface area contributed by atoms with Crippen LogP contribution in [-0.4, -0.2) is 81.7 Å². The van der Waals surface area contributed by atoms with Gasteiger partial charge in [0.1, 0.15) is 6.54 Å². The van der Waals surface area contributed by atoms with Crippen molar-refractivity contribution in [3.05, 3.63) is 35.4 Å². The maximum absolute atomic E-state index is 11.8. The van der Waals surface area contributed by atoms with Crippen molar-refractivity contribution < 1.29 is 9.53 Å². The van der Waals surface area contributed by atoms with Crippen LogP contribution in [0.1, 0.15) is 24.1 Å². The van der Waals surface area contributed by atoms with Crippen LogP contribution in [0.25, 0.3) is 0 Å². The Hall–Kier alpha value is -2.12. The average molecular weight is 376 g/mol. The monoisotopic (exact) mass is 375 g/mol. The van der Waals surface area contributed by atoms with Gasteiger partial charge in [0.05, 0.1) is 19.3 Å². The van der Waals surface area contributed by atoms with E-state index in [4.69, 9.17) is 4.74 Å². The molecule has 1 atom stereocenters. The summed E-state index contributed by atoms with van der Waals surface area (Å²) in [5.41, 5.74) is 2.53. The van der Waals surface area contributed by atoms with E-state index in [1.54, 1.807) is 19.0 Å². The molecule has 0 aromatic heterocycles. The van der Waals surface area contributed by atoms with Gasteiger partial charge in [0, 0.05) is 40.3 Å². The summed E-state index contributed by atoms with van der Waals surface area (Å²) >= 11 is 0. The number of amides is 1. The molecule has 1 fully saturated rings. The van der Waals surface area contributed by atoms with Crippen LogP contribution in [0, 0.1) is 6.92 Å². The summed E-state index contributed by atoms with van der Waals surface area (Å²) in [5.74, 6) is 0.647. The van der Waals surface area contributed by atoms with Gasteiger partial charge < -0.3 is 20.3 Å². The van der Waals surface area contributed by atoms with E-state index < -0.39 is 0 Å². The zero-order valence-electron chi connectivity index (χ0n) is 17.0. The number of carbonyl (C=O) groups excluding carboxylic acids is 1. The molecule has 150 valence electrons. The summed E-state index contributed by atoms with van der Waals surface area (Å²) in [7, 11) is 3.48.